The van der Waals surface area contributed by atoms with E-state index in [9.17, 15) is 9.59 Å². The largest absolute Gasteiger partial charge is 0.478 e. The van der Waals surface area contributed by atoms with E-state index in [1.54, 1.807) is 25.1 Å². The maximum Gasteiger partial charge on any atom is 0.338 e. The SMILES string of the molecule is COCC(=O)Nc1cccc(C)c1C(=O)O. The Labute approximate surface area is 93.0 Å². The normalized spacial score (nSPS) is 9.88. The number of carbonyl (C=O) groups excluding carboxylic acids is 1. The predicted octanol–water partition coefficient (Wildman–Crippen LogP) is 1.28. The standard InChI is InChI=1S/C11H13NO4/c1-7-4-3-5-8(10(7)11(14)15)12-9(13)6-16-2/h3-5H,6H2,1-2H3,(H,12,13)(H,14,15). The molecule has 0 unspecified atom stereocenters. The third-order valence-electron chi connectivity index (χ3n) is 2.04. The van der Waals surface area contributed by atoms with Gasteiger partial charge in [-0.3, -0.25) is 4.79 Å². The smallest absolute Gasteiger partial charge is 0.338 e. The van der Waals surface area contributed by atoms with Gasteiger partial charge in [0, 0.05) is 7.11 Å². The van der Waals surface area contributed by atoms with Crippen molar-refractivity contribution in [1.82, 2.24) is 0 Å². The summed E-state index contributed by atoms with van der Waals surface area (Å²) in [6.45, 7) is 1.57. The number of nitrogens with one attached hydrogen (secondary N) is 1. The van der Waals surface area contributed by atoms with E-state index in [0.29, 0.717) is 5.56 Å². The minimum atomic E-state index is -1.06. The van der Waals surface area contributed by atoms with Gasteiger partial charge in [-0.1, -0.05) is 12.1 Å². The molecule has 0 aliphatic carbocycles. The van der Waals surface area contributed by atoms with Gasteiger partial charge in [-0.15, -0.1) is 0 Å². The number of benzene rings is 1. The molecule has 16 heavy (non-hydrogen) atoms. The van der Waals surface area contributed by atoms with Crippen LogP contribution in [0.1, 0.15) is 15.9 Å². The Morgan fingerprint density at radius 3 is 2.69 bits per heavy atom. The summed E-state index contributed by atoms with van der Waals surface area (Å²) in [5, 5.41) is 11.5. The fraction of sp³-hybridized carbons (Fsp3) is 0.273. The molecule has 0 heterocycles. The molecular formula is C11H13NO4. The first-order valence-electron chi connectivity index (χ1n) is 4.68. The zero-order valence-corrected chi connectivity index (χ0v) is 9.11. The summed E-state index contributed by atoms with van der Waals surface area (Å²) in [7, 11) is 1.40. The second kappa shape index (κ2) is 5.27. The zero-order chi connectivity index (χ0) is 12.1. The second-order valence-electron chi connectivity index (χ2n) is 3.28. The van der Waals surface area contributed by atoms with Crippen molar-refractivity contribution in [2.75, 3.05) is 19.0 Å². The molecule has 0 bridgehead atoms. The van der Waals surface area contributed by atoms with Crippen LogP contribution in [0.4, 0.5) is 5.69 Å². The molecule has 0 saturated heterocycles. The summed E-state index contributed by atoms with van der Waals surface area (Å²) in [5.74, 6) is -1.44. The van der Waals surface area contributed by atoms with Crippen LogP contribution in [-0.2, 0) is 9.53 Å². The van der Waals surface area contributed by atoms with E-state index in [0.717, 1.165) is 0 Å². The van der Waals surface area contributed by atoms with Gasteiger partial charge in [-0.25, -0.2) is 4.79 Å². The first kappa shape index (κ1) is 12.2. The number of anilines is 1. The number of aryl methyl sites for hydroxylation is 1. The first-order chi connectivity index (χ1) is 7.56. The average molecular weight is 223 g/mol. The summed E-state index contributed by atoms with van der Waals surface area (Å²) >= 11 is 0. The quantitative estimate of drug-likeness (QED) is 0.806. The lowest BCUT2D eigenvalue weighted by Crippen LogP contribution is -2.19. The Balaban J connectivity index is 3.00. The Morgan fingerprint density at radius 1 is 1.44 bits per heavy atom. The highest BCUT2D eigenvalue weighted by molar-refractivity contribution is 6.01. The molecule has 0 saturated carbocycles. The van der Waals surface area contributed by atoms with E-state index in [1.165, 1.54) is 7.11 Å². The van der Waals surface area contributed by atoms with Crippen molar-refractivity contribution in [2.45, 2.75) is 6.92 Å². The molecule has 86 valence electrons. The Hall–Kier alpha value is -1.88. The van der Waals surface area contributed by atoms with E-state index in [2.05, 4.69) is 10.1 Å². The highest BCUT2D eigenvalue weighted by atomic mass is 16.5. The van der Waals surface area contributed by atoms with Crippen LogP contribution >= 0.6 is 0 Å². The van der Waals surface area contributed by atoms with Crippen LogP contribution in [0.5, 0.6) is 0 Å². The van der Waals surface area contributed by atoms with Crippen LogP contribution in [0.3, 0.4) is 0 Å². The molecule has 0 aliphatic heterocycles. The molecule has 2 N–H and O–H groups in total. The van der Waals surface area contributed by atoms with Gasteiger partial charge >= 0.3 is 5.97 Å². The fourth-order valence-electron chi connectivity index (χ4n) is 1.37. The lowest BCUT2D eigenvalue weighted by Gasteiger charge is -2.09. The van der Waals surface area contributed by atoms with Crippen molar-refractivity contribution < 1.29 is 19.4 Å². The van der Waals surface area contributed by atoms with Gasteiger partial charge in [-0.05, 0) is 18.6 Å². The number of carbonyl (C=O) groups is 2. The minimum absolute atomic E-state index is 0.104. The molecule has 0 aromatic heterocycles. The maximum absolute atomic E-state index is 11.3. The molecule has 1 aromatic carbocycles. The van der Waals surface area contributed by atoms with Crippen LogP contribution in [0.15, 0.2) is 18.2 Å². The Kier molecular flexibility index (Phi) is 4.02. The number of aromatic carboxylic acids is 1. The number of ether oxygens (including phenoxy) is 1. The molecule has 0 spiro atoms. The number of amides is 1. The number of hydrogen-bond donors (Lipinski definition) is 2. The zero-order valence-electron chi connectivity index (χ0n) is 9.11. The molecule has 5 nitrogen and oxygen atoms in total. The molecule has 0 atom stereocenters. The number of carboxylic acid groups (broad SMARTS) is 1. The molecule has 1 amide bonds. The van der Waals surface area contributed by atoms with Gasteiger partial charge in [0.2, 0.25) is 5.91 Å². The van der Waals surface area contributed by atoms with Crippen LogP contribution in [0.2, 0.25) is 0 Å². The van der Waals surface area contributed by atoms with Crippen LogP contribution in [-0.4, -0.2) is 30.7 Å². The summed E-state index contributed by atoms with van der Waals surface area (Å²) in [5.41, 5.74) is 0.990. The van der Waals surface area contributed by atoms with Crippen molar-refractivity contribution >= 4 is 17.6 Å². The molecule has 1 aromatic rings. The average Bonchev–Trinajstić information content (AvgIpc) is 2.17. The van der Waals surface area contributed by atoms with E-state index >= 15 is 0 Å². The van der Waals surface area contributed by atoms with Crippen molar-refractivity contribution in [3.8, 4) is 0 Å². The minimum Gasteiger partial charge on any atom is -0.478 e. The van der Waals surface area contributed by atoms with Crippen molar-refractivity contribution in [3.05, 3.63) is 29.3 Å². The molecule has 0 fully saturated rings. The Bertz CT molecular complexity index is 414. The van der Waals surface area contributed by atoms with Gasteiger partial charge < -0.3 is 15.2 Å². The molecule has 5 heteroatoms. The van der Waals surface area contributed by atoms with E-state index in [4.69, 9.17) is 5.11 Å². The van der Waals surface area contributed by atoms with E-state index in [1.807, 2.05) is 0 Å². The lowest BCUT2D eigenvalue weighted by molar-refractivity contribution is -0.119. The van der Waals surface area contributed by atoms with Gasteiger partial charge in [0.15, 0.2) is 0 Å². The highest BCUT2D eigenvalue weighted by Gasteiger charge is 2.14. The third kappa shape index (κ3) is 2.80. The van der Waals surface area contributed by atoms with Gasteiger partial charge in [0.1, 0.15) is 6.61 Å². The van der Waals surface area contributed by atoms with Gasteiger partial charge in [-0.2, -0.15) is 0 Å². The second-order valence-corrected chi connectivity index (χ2v) is 3.28. The number of rotatable bonds is 4. The number of hydrogen-bond acceptors (Lipinski definition) is 3. The topological polar surface area (TPSA) is 75.6 Å². The lowest BCUT2D eigenvalue weighted by atomic mass is 10.1. The molecule has 0 radical (unpaired) electrons. The summed E-state index contributed by atoms with van der Waals surface area (Å²) in [4.78, 5) is 22.3. The van der Waals surface area contributed by atoms with Gasteiger partial charge in [0.05, 0.1) is 11.3 Å². The maximum atomic E-state index is 11.3. The van der Waals surface area contributed by atoms with Crippen molar-refractivity contribution in [2.24, 2.45) is 0 Å². The monoisotopic (exact) mass is 223 g/mol. The van der Waals surface area contributed by atoms with Gasteiger partial charge in [0.25, 0.3) is 0 Å². The van der Waals surface area contributed by atoms with Crippen LogP contribution < -0.4 is 5.32 Å². The fourth-order valence-corrected chi connectivity index (χ4v) is 1.37. The summed E-state index contributed by atoms with van der Waals surface area (Å²) < 4.78 is 4.65. The van der Waals surface area contributed by atoms with E-state index in [-0.39, 0.29) is 23.8 Å². The molecule has 0 aliphatic rings. The van der Waals surface area contributed by atoms with Crippen molar-refractivity contribution in [1.29, 1.82) is 0 Å². The highest BCUT2D eigenvalue weighted by Crippen LogP contribution is 2.19. The third-order valence-corrected chi connectivity index (χ3v) is 2.04. The predicted molar refractivity (Wildman–Crippen MR) is 58.6 cm³/mol. The molecular weight excluding hydrogens is 210 g/mol. The van der Waals surface area contributed by atoms with Crippen molar-refractivity contribution in [3.63, 3.8) is 0 Å². The van der Waals surface area contributed by atoms with Crippen LogP contribution in [0.25, 0.3) is 0 Å². The first-order valence-corrected chi connectivity index (χ1v) is 4.68. The summed E-state index contributed by atoms with van der Waals surface area (Å²) in [6, 6.07) is 4.91. The van der Waals surface area contributed by atoms with E-state index < -0.39 is 5.97 Å². The molecule has 1 rings (SSSR count). The summed E-state index contributed by atoms with van der Waals surface area (Å²) in [6.07, 6.45) is 0. The number of methoxy groups -OCH3 is 1. The van der Waals surface area contributed by atoms with Crippen LogP contribution in [0, 0.1) is 6.92 Å². The number of carboxylic acids is 1. The Morgan fingerprint density at radius 2 is 2.12 bits per heavy atom.